The number of ether oxygens (including phenoxy) is 1. The summed E-state index contributed by atoms with van der Waals surface area (Å²) in [5.41, 5.74) is 1.59. The summed E-state index contributed by atoms with van der Waals surface area (Å²) in [4.78, 5) is 47.9. The van der Waals surface area contributed by atoms with Gasteiger partial charge < -0.3 is 29.4 Å². The highest BCUT2D eigenvalue weighted by Crippen LogP contribution is 2.66. The maximum atomic E-state index is 11.8. The van der Waals surface area contributed by atoms with Gasteiger partial charge in [-0.25, -0.2) is 28.6 Å². The molecular weight excluding hydrogens is 473 g/mol. The molecule has 2 aromatic heterocycles. The number of hydrogen-bond acceptors (Lipinski definition) is 11. The van der Waals surface area contributed by atoms with Gasteiger partial charge in [0.2, 0.25) is 0 Å². The molecule has 1 saturated heterocycles. The SMILES string of the molecule is Cc1ncnc2c1ncn2C1CC(O)C(COP(=O)(O)OP(=O)(O)OP(=O)(O)O)O1. The van der Waals surface area contributed by atoms with E-state index in [0.717, 1.165) is 0 Å². The Hall–Kier alpha value is -1.12. The first-order valence-electron chi connectivity index (χ1n) is 8.02. The van der Waals surface area contributed by atoms with Crippen LogP contribution in [0.5, 0.6) is 0 Å². The molecule has 3 heterocycles. The number of phosphoric ester groups is 1. The second-order valence-electron chi connectivity index (χ2n) is 6.10. The third kappa shape index (κ3) is 5.77. The van der Waals surface area contributed by atoms with E-state index in [9.17, 15) is 23.7 Å². The molecule has 5 atom stereocenters. The van der Waals surface area contributed by atoms with Gasteiger partial charge in [-0.15, -0.1) is 0 Å². The molecule has 30 heavy (non-hydrogen) atoms. The predicted octanol–water partition coefficient (Wildman–Crippen LogP) is 0.126. The minimum absolute atomic E-state index is 0.0406. The number of hydrogen-bond donors (Lipinski definition) is 5. The first-order chi connectivity index (χ1) is 13.8. The zero-order valence-corrected chi connectivity index (χ0v) is 17.7. The Bertz CT molecular complexity index is 1070. The minimum atomic E-state index is -5.63. The zero-order valence-electron chi connectivity index (χ0n) is 15.0. The largest absolute Gasteiger partial charge is 0.490 e. The topological polar surface area (TPSA) is 233 Å². The fourth-order valence-corrected chi connectivity index (χ4v) is 5.72. The zero-order chi connectivity index (χ0) is 22.3. The van der Waals surface area contributed by atoms with Crippen LogP contribution in [0.4, 0.5) is 0 Å². The summed E-state index contributed by atoms with van der Waals surface area (Å²) >= 11 is 0. The monoisotopic (exact) mass is 490 g/mol. The summed E-state index contributed by atoms with van der Waals surface area (Å²) in [7, 11) is -16.4. The van der Waals surface area contributed by atoms with Gasteiger partial charge in [-0.2, -0.15) is 8.62 Å². The van der Waals surface area contributed by atoms with Crippen molar-refractivity contribution in [2.24, 2.45) is 0 Å². The van der Waals surface area contributed by atoms with Crippen molar-refractivity contribution in [2.75, 3.05) is 6.61 Å². The maximum absolute atomic E-state index is 11.8. The van der Waals surface area contributed by atoms with E-state index in [1.807, 2.05) is 0 Å². The molecule has 19 heteroatoms. The van der Waals surface area contributed by atoms with Gasteiger partial charge in [0, 0.05) is 6.42 Å². The lowest BCUT2D eigenvalue weighted by Gasteiger charge is -2.19. The Balaban J connectivity index is 1.64. The molecule has 0 amide bonds. The molecule has 0 bridgehead atoms. The highest BCUT2D eigenvalue weighted by Gasteiger charge is 2.43. The predicted molar refractivity (Wildman–Crippen MR) is 94.4 cm³/mol. The number of phosphoric acid groups is 3. The lowest BCUT2D eigenvalue weighted by Crippen LogP contribution is -2.26. The number of aliphatic hydroxyl groups excluding tert-OH is 1. The number of nitrogens with zero attached hydrogens (tertiary/aromatic N) is 4. The number of fused-ring (bicyclic) bond motifs is 1. The average Bonchev–Trinajstić information content (AvgIpc) is 3.14. The lowest BCUT2D eigenvalue weighted by atomic mass is 10.2. The Morgan fingerprint density at radius 3 is 2.50 bits per heavy atom. The maximum Gasteiger partial charge on any atom is 0.490 e. The van der Waals surface area contributed by atoms with Crippen LogP contribution in [0, 0.1) is 6.92 Å². The van der Waals surface area contributed by atoms with E-state index in [-0.39, 0.29) is 6.42 Å². The normalized spacial score (nSPS) is 26.5. The summed E-state index contributed by atoms with van der Waals surface area (Å²) in [6, 6.07) is 0. The standard InChI is InChI=1S/C11H17N4O12P3/c1-6-10-11(13-4-12-6)15(5-14-10)9-2-7(16)8(25-9)3-24-29(20,21)27-30(22,23)26-28(17,18)19/h4-5,7-9,16H,2-3H2,1H3,(H,20,21)(H,22,23)(H2,17,18,19). The molecule has 0 saturated carbocycles. The fraction of sp³-hybridized carbons (Fsp3) is 0.545. The number of aliphatic hydroxyl groups is 1. The Morgan fingerprint density at radius 2 is 1.83 bits per heavy atom. The molecule has 1 fully saturated rings. The van der Waals surface area contributed by atoms with Crippen LogP contribution in [0.25, 0.3) is 11.2 Å². The highest BCUT2D eigenvalue weighted by molar-refractivity contribution is 7.66. The number of aromatic nitrogens is 4. The summed E-state index contributed by atoms with van der Waals surface area (Å²) in [6.45, 7) is 0.971. The molecule has 0 aliphatic carbocycles. The first kappa shape index (κ1) is 23.5. The van der Waals surface area contributed by atoms with Crippen molar-refractivity contribution in [3.63, 3.8) is 0 Å². The van der Waals surface area contributed by atoms with Gasteiger partial charge in [-0.1, -0.05) is 0 Å². The van der Waals surface area contributed by atoms with Crippen molar-refractivity contribution in [3.8, 4) is 0 Å². The van der Waals surface area contributed by atoms with Crippen molar-refractivity contribution >= 4 is 34.6 Å². The second kappa shape index (κ2) is 8.43. The number of rotatable bonds is 8. The van der Waals surface area contributed by atoms with Crippen molar-refractivity contribution in [3.05, 3.63) is 18.3 Å². The van der Waals surface area contributed by atoms with Crippen LogP contribution >= 0.6 is 23.5 Å². The van der Waals surface area contributed by atoms with E-state index in [0.29, 0.717) is 16.9 Å². The van der Waals surface area contributed by atoms with Crippen LogP contribution in [-0.4, -0.2) is 63.0 Å². The van der Waals surface area contributed by atoms with Gasteiger partial charge in [-0.3, -0.25) is 9.09 Å². The Morgan fingerprint density at radius 1 is 1.13 bits per heavy atom. The summed E-state index contributed by atoms with van der Waals surface area (Å²) < 4.78 is 52.5. The molecule has 16 nitrogen and oxygen atoms in total. The molecule has 0 aromatic carbocycles. The molecule has 0 spiro atoms. The van der Waals surface area contributed by atoms with Crippen LogP contribution in [0.15, 0.2) is 12.7 Å². The average molecular weight is 490 g/mol. The van der Waals surface area contributed by atoms with Crippen LogP contribution in [0.2, 0.25) is 0 Å². The summed E-state index contributed by atoms with van der Waals surface area (Å²) in [6.07, 6.45) is -0.279. The van der Waals surface area contributed by atoms with Crippen molar-refractivity contribution in [1.29, 1.82) is 0 Å². The molecule has 1 aliphatic rings. The third-order valence-corrected chi connectivity index (χ3v) is 7.68. The van der Waals surface area contributed by atoms with Gasteiger partial charge in [0.1, 0.15) is 24.2 Å². The molecule has 0 radical (unpaired) electrons. The number of aryl methyl sites for hydroxylation is 1. The molecule has 168 valence electrons. The van der Waals surface area contributed by atoms with Crippen molar-refractivity contribution in [2.45, 2.75) is 31.8 Å². The molecule has 2 aromatic rings. The van der Waals surface area contributed by atoms with Crippen molar-refractivity contribution < 1.29 is 56.3 Å². The smallest absolute Gasteiger partial charge is 0.390 e. The van der Waals surface area contributed by atoms with Gasteiger partial charge in [0.15, 0.2) is 5.65 Å². The van der Waals surface area contributed by atoms with E-state index < -0.39 is 48.5 Å². The van der Waals surface area contributed by atoms with E-state index >= 15 is 0 Å². The second-order valence-corrected chi connectivity index (χ2v) is 10.5. The number of imidazole rings is 1. The van der Waals surface area contributed by atoms with Gasteiger partial charge in [0.05, 0.1) is 24.7 Å². The fourth-order valence-electron chi connectivity index (χ4n) is 2.69. The third-order valence-electron chi connectivity index (χ3n) is 3.87. The van der Waals surface area contributed by atoms with Gasteiger partial charge in [0.25, 0.3) is 0 Å². The summed E-state index contributed by atoms with van der Waals surface area (Å²) in [5, 5.41) is 10.2. The molecule has 3 rings (SSSR count). The minimum Gasteiger partial charge on any atom is -0.390 e. The van der Waals surface area contributed by atoms with Crippen LogP contribution in [-0.2, 0) is 31.6 Å². The molecule has 5 N–H and O–H groups in total. The Kier molecular flexibility index (Phi) is 6.62. The molecule has 5 unspecified atom stereocenters. The summed E-state index contributed by atoms with van der Waals surface area (Å²) in [5.74, 6) is 0. The highest BCUT2D eigenvalue weighted by atomic mass is 31.3. The van der Waals surface area contributed by atoms with Crippen LogP contribution in [0.3, 0.4) is 0 Å². The Labute approximate surface area is 167 Å². The van der Waals surface area contributed by atoms with E-state index in [1.54, 1.807) is 6.92 Å². The van der Waals surface area contributed by atoms with Crippen LogP contribution < -0.4 is 0 Å². The molecular formula is C11H17N4O12P3. The van der Waals surface area contributed by atoms with E-state index in [2.05, 4.69) is 28.1 Å². The van der Waals surface area contributed by atoms with Gasteiger partial charge >= 0.3 is 23.5 Å². The quantitative estimate of drug-likeness (QED) is 0.309. The lowest BCUT2D eigenvalue weighted by molar-refractivity contribution is -0.0423. The van der Waals surface area contributed by atoms with Gasteiger partial charge in [-0.05, 0) is 6.92 Å². The van der Waals surface area contributed by atoms with E-state index in [4.69, 9.17) is 19.4 Å². The van der Waals surface area contributed by atoms with Crippen molar-refractivity contribution in [1.82, 2.24) is 19.5 Å². The van der Waals surface area contributed by atoms with E-state index in [1.165, 1.54) is 17.2 Å². The van der Waals surface area contributed by atoms with Crippen LogP contribution in [0.1, 0.15) is 18.3 Å². The first-order valence-corrected chi connectivity index (χ1v) is 12.5. The molecule has 1 aliphatic heterocycles.